The standard InChI is InChI=1S/C20H28N2O2S/c23-19(22-11-5-15-3-1-2-4-17(15)13-22)16-6-9-21(10-7-16)20(24)18-8-12-25-14-18/h8,12,14-17H,1-7,9-11,13H2. The van der Waals surface area contributed by atoms with Gasteiger partial charge in [-0.05, 0) is 49.0 Å². The molecule has 1 aromatic heterocycles. The summed E-state index contributed by atoms with van der Waals surface area (Å²) in [4.78, 5) is 29.5. The van der Waals surface area contributed by atoms with Gasteiger partial charge in [0.15, 0.2) is 0 Å². The molecule has 3 heterocycles. The topological polar surface area (TPSA) is 40.6 Å². The van der Waals surface area contributed by atoms with Gasteiger partial charge in [0.25, 0.3) is 5.91 Å². The van der Waals surface area contributed by atoms with Crippen LogP contribution in [0.5, 0.6) is 0 Å². The molecule has 4 nitrogen and oxygen atoms in total. The van der Waals surface area contributed by atoms with Crippen LogP contribution in [0.15, 0.2) is 16.8 Å². The number of carbonyl (C=O) groups is 2. The van der Waals surface area contributed by atoms with Crippen molar-refractivity contribution in [2.75, 3.05) is 26.2 Å². The Morgan fingerprint density at radius 1 is 0.920 bits per heavy atom. The number of carbonyl (C=O) groups excluding carboxylic acids is 2. The van der Waals surface area contributed by atoms with Gasteiger partial charge >= 0.3 is 0 Å². The van der Waals surface area contributed by atoms with Crippen LogP contribution in [0.3, 0.4) is 0 Å². The number of likely N-dealkylation sites (tertiary alicyclic amines) is 2. The van der Waals surface area contributed by atoms with Gasteiger partial charge in [-0.15, -0.1) is 0 Å². The SMILES string of the molecule is O=C(c1ccsc1)N1CCC(C(=O)N2CCC3CCCCC3C2)CC1. The van der Waals surface area contributed by atoms with Gasteiger partial charge in [0.1, 0.15) is 0 Å². The largest absolute Gasteiger partial charge is 0.342 e. The quantitative estimate of drug-likeness (QED) is 0.808. The van der Waals surface area contributed by atoms with Gasteiger partial charge in [-0.2, -0.15) is 11.3 Å². The lowest BCUT2D eigenvalue weighted by atomic mass is 9.75. The zero-order valence-corrected chi connectivity index (χ0v) is 15.7. The monoisotopic (exact) mass is 360 g/mol. The van der Waals surface area contributed by atoms with E-state index >= 15 is 0 Å². The van der Waals surface area contributed by atoms with E-state index in [4.69, 9.17) is 0 Å². The summed E-state index contributed by atoms with van der Waals surface area (Å²) < 4.78 is 0. The second-order valence-corrected chi connectivity index (χ2v) is 8.74. The summed E-state index contributed by atoms with van der Waals surface area (Å²) >= 11 is 1.56. The Bertz CT molecular complexity index is 607. The summed E-state index contributed by atoms with van der Waals surface area (Å²) in [5.41, 5.74) is 0.786. The summed E-state index contributed by atoms with van der Waals surface area (Å²) in [7, 11) is 0. The lowest BCUT2D eigenvalue weighted by Crippen LogP contribution is -2.49. The molecule has 0 aromatic carbocycles. The zero-order chi connectivity index (χ0) is 17.2. The number of amides is 2. The Morgan fingerprint density at radius 2 is 1.64 bits per heavy atom. The third kappa shape index (κ3) is 3.62. The van der Waals surface area contributed by atoms with E-state index in [-0.39, 0.29) is 11.8 Å². The first kappa shape index (κ1) is 17.1. The van der Waals surface area contributed by atoms with E-state index in [0.717, 1.165) is 43.3 Å². The summed E-state index contributed by atoms with van der Waals surface area (Å²) in [6.07, 6.45) is 8.24. The molecule has 4 rings (SSSR count). The molecule has 136 valence electrons. The zero-order valence-electron chi connectivity index (χ0n) is 14.9. The number of fused-ring (bicyclic) bond motifs is 1. The predicted molar refractivity (Wildman–Crippen MR) is 99.6 cm³/mol. The van der Waals surface area contributed by atoms with Crippen LogP contribution in [0.4, 0.5) is 0 Å². The minimum absolute atomic E-state index is 0.117. The minimum atomic E-state index is 0.117. The maximum Gasteiger partial charge on any atom is 0.254 e. The van der Waals surface area contributed by atoms with Crippen molar-refractivity contribution in [3.63, 3.8) is 0 Å². The van der Waals surface area contributed by atoms with E-state index in [9.17, 15) is 9.59 Å². The summed E-state index contributed by atoms with van der Waals surface area (Å²) in [6.45, 7) is 3.36. The van der Waals surface area contributed by atoms with Crippen molar-refractivity contribution in [1.29, 1.82) is 0 Å². The van der Waals surface area contributed by atoms with Crippen molar-refractivity contribution < 1.29 is 9.59 Å². The van der Waals surface area contributed by atoms with Gasteiger partial charge in [-0.25, -0.2) is 0 Å². The molecule has 2 saturated heterocycles. The van der Waals surface area contributed by atoms with E-state index in [2.05, 4.69) is 4.90 Å². The summed E-state index contributed by atoms with van der Waals surface area (Å²) in [5.74, 6) is 2.20. The van der Waals surface area contributed by atoms with Crippen LogP contribution in [0, 0.1) is 17.8 Å². The second kappa shape index (κ2) is 7.48. The molecular weight excluding hydrogens is 332 g/mol. The van der Waals surface area contributed by atoms with E-state index in [1.807, 2.05) is 21.7 Å². The number of hydrogen-bond acceptors (Lipinski definition) is 3. The molecule has 25 heavy (non-hydrogen) atoms. The van der Waals surface area contributed by atoms with Gasteiger partial charge < -0.3 is 9.80 Å². The van der Waals surface area contributed by atoms with E-state index in [1.54, 1.807) is 11.3 Å². The highest BCUT2D eigenvalue weighted by molar-refractivity contribution is 7.08. The fourth-order valence-corrected chi connectivity index (χ4v) is 5.59. The minimum Gasteiger partial charge on any atom is -0.342 e. The molecule has 3 fully saturated rings. The fourth-order valence-electron chi connectivity index (χ4n) is 4.96. The third-order valence-electron chi connectivity index (χ3n) is 6.50. The third-order valence-corrected chi connectivity index (χ3v) is 7.19. The van der Waals surface area contributed by atoms with Crippen molar-refractivity contribution in [2.45, 2.75) is 44.9 Å². The molecule has 0 spiro atoms. The molecule has 3 aliphatic rings. The Balaban J connectivity index is 1.30. The fraction of sp³-hybridized carbons (Fsp3) is 0.700. The number of nitrogens with zero attached hydrogens (tertiary/aromatic N) is 2. The molecule has 2 atom stereocenters. The van der Waals surface area contributed by atoms with Crippen molar-refractivity contribution >= 4 is 23.2 Å². The molecule has 0 radical (unpaired) electrons. The van der Waals surface area contributed by atoms with Crippen molar-refractivity contribution in [1.82, 2.24) is 9.80 Å². The van der Waals surface area contributed by atoms with Crippen LogP contribution in [-0.4, -0.2) is 47.8 Å². The first-order chi connectivity index (χ1) is 12.2. The molecule has 5 heteroatoms. The Morgan fingerprint density at radius 3 is 2.36 bits per heavy atom. The van der Waals surface area contributed by atoms with Gasteiger partial charge in [-0.1, -0.05) is 19.3 Å². The van der Waals surface area contributed by atoms with Crippen LogP contribution in [0.25, 0.3) is 0 Å². The maximum absolute atomic E-state index is 13.0. The Hall–Kier alpha value is -1.36. The highest BCUT2D eigenvalue weighted by Crippen LogP contribution is 2.37. The highest BCUT2D eigenvalue weighted by atomic mass is 32.1. The van der Waals surface area contributed by atoms with Gasteiger partial charge in [0.05, 0.1) is 5.56 Å². The second-order valence-electron chi connectivity index (χ2n) is 7.96. The smallest absolute Gasteiger partial charge is 0.254 e. The average Bonchev–Trinajstić information content (AvgIpc) is 3.21. The molecule has 1 aromatic rings. The Kier molecular flexibility index (Phi) is 5.11. The normalized spacial score (nSPS) is 27.8. The molecule has 1 saturated carbocycles. The average molecular weight is 361 g/mol. The van der Waals surface area contributed by atoms with E-state index in [1.165, 1.54) is 32.1 Å². The molecule has 2 aliphatic heterocycles. The predicted octanol–water partition coefficient (Wildman–Crippen LogP) is 3.64. The van der Waals surface area contributed by atoms with Crippen molar-refractivity contribution in [3.8, 4) is 0 Å². The molecule has 0 bridgehead atoms. The summed E-state index contributed by atoms with van der Waals surface area (Å²) in [5, 5.41) is 3.85. The summed E-state index contributed by atoms with van der Waals surface area (Å²) in [6, 6.07) is 1.89. The van der Waals surface area contributed by atoms with Crippen LogP contribution >= 0.6 is 11.3 Å². The number of hydrogen-bond donors (Lipinski definition) is 0. The van der Waals surface area contributed by atoms with Gasteiger partial charge in [0.2, 0.25) is 5.91 Å². The van der Waals surface area contributed by atoms with Crippen molar-refractivity contribution in [3.05, 3.63) is 22.4 Å². The lowest BCUT2D eigenvalue weighted by Gasteiger charge is -2.43. The Labute approximate surface area is 154 Å². The van der Waals surface area contributed by atoms with Crippen LogP contribution in [0.1, 0.15) is 55.3 Å². The lowest BCUT2D eigenvalue weighted by molar-refractivity contribution is -0.140. The molecule has 2 unspecified atom stereocenters. The van der Waals surface area contributed by atoms with Crippen LogP contribution in [-0.2, 0) is 4.79 Å². The van der Waals surface area contributed by atoms with Gasteiger partial charge in [0, 0.05) is 37.5 Å². The van der Waals surface area contributed by atoms with Crippen LogP contribution < -0.4 is 0 Å². The molecular formula is C20H28N2O2S. The molecule has 0 N–H and O–H groups in total. The number of thiophene rings is 1. The number of piperidine rings is 2. The first-order valence-electron chi connectivity index (χ1n) is 9.82. The van der Waals surface area contributed by atoms with E-state index < -0.39 is 0 Å². The molecule has 1 aliphatic carbocycles. The van der Waals surface area contributed by atoms with Gasteiger partial charge in [-0.3, -0.25) is 9.59 Å². The van der Waals surface area contributed by atoms with Crippen LogP contribution in [0.2, 0.25) is 0 Å². The highest BCUT2D eigenvalue weighted by Gasteiger charge is 2.36. The number of rotatable bonds is 2. The van der Waals surface area contributed by atoms with E-state index in [0.29, 0.717) is 19.0 Å². The first-order valence-corrected chi connectivity index (χ1v) is 10.8. The van der Waals surface area contributed by atoms with Crippen molar-refractivity contribution in [2.24, 2.45) is 17.8 Å². The maximum atomic E-state index is 13.0. The molecule has 2 amide bonds.